The van der Waals surface area contributed by atoms with E-state index in [0.717, 1.165) is 37.1 Å². The summed E-state index contributed by atoms with van der Waals surface area (Å²) in [5, 5.41) is 10.9. The molecule has 0 aliphatic carbocycles. The Bertz CT molecular complexity index is 2550. The normalized spacial score (nSPS) is 18.6. The number of aromatic nitrogens is 3. The average molecular weight is 914 g/mol. The van der Waals surface area contributed by atoms with Crippen LogP contribution in [0.5, 0.6) is 5.75 Å². The number of nitrogens with zero attached hydrogens (tertiary/aromatic N) is 8. The number of likely N-dealkylation sites (tertiary alicyclic amines) is 1. The van der Waals surface area contributed by atoms with Crippen LogP contribution in [0, 0.1) is 24.4 Å². The van der Waals surface area contributed by atoms with Crippen LogP contribution in [-0.2, 0) is 33.9 Å². The van der Waals surface area contributed by atoms with Crippen molar-refractivity contribution in [2.45, 2.75) is 77.4 Å². The molecule has 4 aromatic rings. The van der Waals surface area contributed by atoms with E-state index in [4.69, 9.17) is 16.3 Å². The molecule has 3 saturated heterocycles. The number of amidine groups is 1. The van der Waals surface area contributed by atoms with Gasteiger partial charge < -0.3 is 24.3 Å². The molecule has 1 atom stereocenters. The topological polar surface area (TPSA) is 146 Å². The number of aliphatic imine (C=N–C) groups is 1. The quantitative estimate of drug-likeness (QED) is 0.0966. The van der Waals surface area contributed by atoms with E-state index >= 15 is 8.78 Å². The number of rotatable bonds is 13. The van der Waals surface area contributed by atoms with Crippen molar-refractivity contribution >= 4 is 41.1 Å². The Morgan fingerprint density at radius 1 is 1.00 bits per heavy atom. The average Bonchev–Trinajstić information content (AvgIpc) is 3.90. The molecule has 4 aliphatic rings. The van der Waals surface area contributed by atoms with Crippen molar-refractivity contribution < 1.29 is 37.1 Å². The number of fused-ring (bicyclic) bond motifs is 1. The first kappa shape index (κ1) is 45.5. The highest BCUT2D eigenvalue weighted by Gasteiger charge is 2.41. The van der Waals surface area contributed by atoms with E-state index < -0.39 is 29.4 Å². The molecular weight excluding hydrogens is 863 g/mol. The Morgan fingerprint density at radius 3 is 2.48 bits per heavy atom. The van der Waals surface area contributed by atoms with Gasteiger partial charge in [0.05, 0.1) is 29.4 Å². The molecule has 14 nitrogen and oxygen atoms in total. The molecule has 1 unspecified atom stereocenters. The molecule has 0 bridgehead atoms. The summed E-state index contributed by atoms with van der Waals surface area (Å²) in [7, 11) is 0. The molecule has 65 heavy (non-hydrogen) atoms. The Hall–Kier alpha value is -6.07. The Kier molecular flexibility index (Phi) is 13.7. The minimum atomic E-state index is -0.765. The third-order valence-electron chi connectivity index (χ3n) is 12.9. The lowest BCUT2D eigenvalue weighted by atomic mass is 9.85. The smallest absolute Gasteiger partial charge is 0.255 e. The van der Waals surface area contributed by atoms with Gasteiger partial charge in [-0.25, -0.2) is 18.2 Å². The second kappa shape index (κ2) is 19.6. The van der Waals surface area contributed by atoms with E-state index in [2.05, 4.69) is 32.1 Å². The number of benzene rings is 3. The molecular formula is C47H51ClF3N9O5. The summed E-state index contributed by atoms with van der Waals surface area (Å²) in [6, 6.07) is 7.86. The summed E-state index contributed by atoms with van der Waals surface area (Å²) >= 11 is 6.79. The fraction of sp³-hybridized carbons (Fsp3) is 0.426. The van der Waals surface area contributed by atoms with Gasteiger partial charge in [-0.1, -0.05) is 36.4 Å². The first-order valence-corrected chi connectivity index (χ1v) is 22.4. The lowest BCUT2D eigenvalue weighted by Crippen LogP contribution is -2.52. The van der Waals surface area contributed by atoms with Gasteiger partial charge in [0.1, 0.15) is 35.1 Å². The molecule has 1 aromatic heterocycles. The second-order valence-electron chi connectivity index (χ2n) is 16.8. The Balaban J connectivity index is 0.859. The van der Waals surface area contributed by atoms with Crippen molar-refractivity contribution in [1.82, 2.24) is 39.9 Å². The molecule has 18 heteroatoms. The minimum absolute atomic E-state index is 0.0193. The molecule has 4 aliphatic heterocycles. The van der Waals surface area contributed by atoms with E-state index in [1.165, 1.54) is 35.4 Å². The molecule has 4 amide bonds. The largest absolute Gasteiger partial charge is 0.492 e. The third kappa shape index (κ3) is 9.53. The summed E-state index contributed by atoms with van der Waals surface area (Å²) < 4.78 is 54.9. The van der Waals surface area contributed by atoms with Crippen molar-refractivity contribution in [3.8, 4) is 16.9 Å². The highest BCUT2D eigenvalue weighted by Crippen LogP contribution is 2.42. The van der Waals surface area contributed by atoms with Crippen LogP contribution in [0.1, 0.15) is 83.3 Å². The Morgan fingerprint density at radius 2 is 1.75 bits per heavy atom. The number of hydrogen-bond donors (Lipinski definition) is 1. The van der Waals surface area contributed by atoms with Crippen LogP contribution in [0.2, 0.25) is 5.02 Å². The highest BCUT2D eigenvalue weighted by atomic mass is 35.5. The number of carbonyl (C=O) groups excluding carboxylic acids is 4. The van der Waals surface area contributed by atoms with Crippen molar-refractivity contribution in [2.75, 3.05) is 52.4 Å². The number of piperidine rings is 2. The maximum absolute atomic E-state index is 16.5. The number of halogens is 4. The number of amides is 4. The summed E-state index contributed by atoms with van der Waals surface area (Å²) in [6.45, 7) is 12.2. The van der Waals surface area contributed by atoms with Crippen molar-refractivity contribution in [2.24, 2.45) is 4.99 Å². The monoisotopic (exact) mass is 913 g/mol. The van der Waals surface area contributed by atoms with Crippen molar-refractivity contribution in [1.29, 1.82) is 0 Å². The molecule has 3 fully saturated rings. The molecule has 3 aromatic carbocycles. The van der Waals surface area contributed by atoms with Gasteiger partial charge in [0.15, 0.2) is 0 Å². The van der Waals surface area contributed by atoms with Crippen molar-refractivity contribution in [3.63, 3.8) is 0 Å². The molecule has 0 radical (unpaired) electrons. The van der Waals surface area contributed by atoms with Gasteiger partial charge in [0.25, 0.3) is 5.91 Å². The van der Waals surface area contributed by atoms with Gasteiger partial charge >= 0.3 is 0 Å². The fourth-order valence-electron chi connectivity index (χ4n) is 9.40. The zero-order valence-corrected chi connectivity index (χ0v) is 37.2. The van der Waals surface area contributed by atoms with Gasteiger partial charge in [0.2, 0.25) is 17.7 Å². The maximum atomic E-state index is 16.5. The van der Waals surface area contributed by atoms with Gasteiger partial charge in [-0.15, -0.1) is 5.10 Å². The lowest BCUT2D eigenvalue weighted by Gasteiger charge is -2.37. The van der Waals surface area contributed by atoms with Crippen LogP contribution >= 0.6 is 11.6 Å². The molecule has 0 saturated carbocycles. The van der Waals surface area contributed by atoms with Gasteiger partial charge in [-0.3, -0.25) is 29.2 Å². The number of piperazine rings is 1. The van der Waals surface area contributed by atoms with E-state index in [1.54, 1.807) is 28.6 Å². The zero-order chi connectivity index (χ0) is 45.9. The molecule has 342 valence electrons. The number of hydrogen-bond acceptors (Lipinski definition) is 9. The van der Waals surface area contributed by atoms with Gasteiger partial charge in [-0.05, 0) is 92.2 Å². The minimum Gasteiger partial charge on any atom is -0.492 e. The van der Waals surface area contributed by atoms with Crippen LogP contribution in [0.3, 0.4) is 0 Å². The third-order valence-corrected chi connectivity index (χ3v) is 13.2. The molecule has 5 heterocycles. The summed E-state index contributed by atoms with van der Waals surface area (Å²) in [5.74, 6) is -2.46. The van der Waals surface area contributed by atoms with E-state index in [9.17, 15) is 23.6 Å². The molecule has 8 rings (SSSR count). The van der Waals surface area contributed by atoms with Crippen LogP contribution in [0.4, 0.5) is 13.2 Å². The second-order valence-corrected chi connectivity index (χ2v) is 17.2. The number of nitrogens with one attached hydrogen (secondary N) is 1. The molecule has 1 N–H and O–H groups in total. The maximum Gasteiger partial charge on any atom is 0.255 e. The standard InChI is InChI=1S/C47H51ClF3N9O5/c1-4-41(62)57-17-19-58(20-18-57)45(52-5-2)32-25-36(48)42(44(51)28(32)3)43-37(50)7-6-8-39(43)65-22-13-31-26-59(55-54-31)21-16-56-14-11-29(12-15-56)33-23-30(49)24-34-35(33)27-60(47(34)64)38-9-10-40(61)53-46(38)63/h5-8,23-26,29,38H,2,4,9-22,27H2,1,3H3,(H,53,61,63)/b52-45+. The van der Waals surface area contributed by atoms with Crippen molar-refractivity contribution in [3.05, 3.63) is 111 Å². The predicted octanol–water partition coefficient (Wildman–Crippen LogP) is 6.03. The van der Waals surface area contributed by atoms with Crippen LogP contribution in [0.15, 0.2) is 60.4 Å². The number of imide groups is 1. The first-order chi connectivity index (χ1) is 31.3. The van der Waals surface area contributed by atoms with Crippen LogP contribution < -0.4 is 10.1 Å². The van der Waals surface area contributed by atoms with Crippen LogP contribution in [0.25, 0.3) is 11.1 Å². The highest BCUT2D eigenvalue weighted by molar-refractivity contribution is 6.34. The van der Waals surface area contributed by atoms with E-state index in [1.807, 2.05) is 18.0 Å². The van der Waals surface area contributed by atoms with E-state index in [0.29, 0.717) is 69.2 Å². The summed E-state index contributed by atoms with van der Waals surface area (Å²) in [5.41, 5.74) is 2.92. The van der Waals surface area contributed by atoms with Gasteiger partial charge in [0, 0.05) is 87.6 Å². The fourth-order valence-corrected chi connectivity index (χ4v) is 9.69. The Labute approximate surface area is 380 Å². The predicted molar refractivity (Wildman–Crippen MR) is 237 cm³/mol. The van der Waals surface area contributed by atoms with E-state index in [-0.39, 0.29) is 82.7 Å². The number of ether oxygens (including phenoxy) is 1. The summed E-state index contributed by atoms with van der Waals surface area (Å²) in [4.78, 5) is 61.9. The summed E-state index contributed by atoms with van der Waals surface area (Å²) in [6.07, 6.45) is 5.86. The first-order valence-electron chi connectivity index (χ1n) is 22.1. The molecule has 0 spiro atoms. The SMILES string of the molecule is C=C/N=C(\c1cc(Cl)c(-c2c(F)cccc2OCCc2cn(CCN3CCC(c4cc(F)cc5c4CN(C4CCC(=O)NC4=O)C5=O)CC3)nn2)c(F)c1C)N1CCN(C(=O)CC)CC1. The van der Waals surface area contributed by atoms with Crippen LogP contribution in [-0.4, -0.2) is 123 Å². The van der Waals surface area contributed by atoms with Gasteiger partial charge in [-0.2, -0.15) is 0 Å². The lowest BCUT2D eigenvalue weighted by molar-refractivity contribution is -0.137. The zero-order valence-electron chi connectivity index (χ0n) is 36.4. The number of carbonyl (C=O) groups is 4.